The Hall–Kier alpha value is -1.31. The summed E-state index contributed by atoms with van der Waals surface area (Å²) in [6.07, 6.45) is 0.675. The summed E-state index contributed by atoms with van der Waals surface area (Å²) < 4.78 is 0. The number of thiophene rings is 1. The Labute approximate surface area is 125 Å². The van der Waals surface area contributed by atoms with E-state index in [-0.39, 0.29) is 11.3 Å². The van der Waals surface area contributed by atoms with Crippen LogP contribution >= 0.6 is 11.3 Å². The first-order chi connectivity index (χ1) is 9.40. The van der Waals surface area contributed by atoms with Crippen LogP contribution < -0.4 is 5.73 Å². The predicted octanol–water partition coefficient (Wildman–Crippen LogP) is 2.45. The van der Waals surface area contributed by atoms with Crippen molar-refractivity contribution in [3.63, 3.8) is 0 Å². The third kappa shape index (κ3) is 3.62. The van der Waals surface area contributed by atoms with Gasteiger partial charge in [0, 0.05) is 28.8 Å². The average molecular weight is 290 g/mol. The van der Waals surface area contributed by atoms with E-state index in [0.717, 1.165) is 12.1 Å². The molecule has 1 amide bonds. The second-order valence-corrected chi connectivity index (χ2v) is 7.34. The van der Waals surface area contributed by atoms with Crippen LogP contribution in [0.3, 0.4) is 0 Å². The van der Waals surface area contributed by atoms with Gasteiger partial charge in [0.25, 0.3) is 0 Å². The molecule has 3 nitrogen and oxygen atoms in total. The Morgan fingerprint density at radius 2 is 2.25 bits per heavy atom. The Morgan fingerprint density at radius 1 is 1.50 bits per heavy atom. The monoisotopic (exact) mass is 290 g/mol. The fourth-order valence-corrected chi connectivity index (χ4v) is 3.21. The van der Waals surface area contributed by atoms with Crippen molar-refractivity contribution in [2.45, 2.75) is 33.7 Å². The number of amides is 1. The van der Waals surface area contributed by atoms with E-state index in [4.69, 9.17) is 5.73 Å². The molecule has 0 bridgehead atoms. The molecule has 2 rings (SSSR count). The minimum absolute atomic E-state index is 0.192. The molecule has 2 heterocycles. The maximum Gasteiger partial charge on any atom is 0.223 e. The van der Waals surface area contributed by atoms with Crippen molar-refractivity contribution in [1.82, 2.24) is 4.90 Å². The Bertz CT molecular complexity index is 545. The first-order valence-electron chi connectivity index (χ1n) is 6.94. The summed E-state index contributed by atoms with van der Waals surface area (Å²) in [5.41, 5.74) is 6.55. The second-order valence-electron chi connectivity index (χ2n) is 6.35. The van der Waals surface area contributed by atoms with Gasteiger partial charge in [-0.2, -0.15) is 0 Å². The molecule has 20 heavy (non-hydrogen) atoms. The van der Waals surface area contributed by atoms with Crippen molar-refractivity contribution in [3.8, 4) is 11.8 Å². The standard InChI is InChI=1S/C16H22N2OS/c1-16(2,3)13-8-15(19)18(9-13)10-14-7-12(11-20-14)5-4-6-17/h7,11,13H,6,8-10,17H2,1-3H3. The molecule has 1 saturated heterocycles. The summed E-state index contributed by atoms with van der Waals surface area (Å²) in [5, 5.41) is 2.03. The van der Waals surface area contributed by atoms with Crippen molar-refractivity contribution < 1.29 is 4.79 Å². The van der Waals surface area contributed by atoms with Crippen LogP contribution in [0.4, 0.5) is 0 Å². The molecule has 1 unspecified atom stereocenters. The zero-order chi connectivity index (χ0) is 14.8. The number of rotatable bonds is 2. The number of hydrogen-bond donors (Lipinski definition) is 1. The number of nitrogens with zero attached hydrogens (tertiary/aromatic N) is 1. The summed E-state index contributed by atoms with van der Waals surface area (Å²) in [5.74, 6) is 6.60. The fraction of sp³-hybridized carbons (Fsp3) is 0.562. The molecule has 0 spiro atoms. The maximum absolute atomic E-state index is 12.1. The zero-order valence-corrected chi connectivity index (χ0v) is 13.2. The zero-order valence-electron chi connectivity index (χ0n) is 12.4. The van der Waals surface area contributed by atoms with Gasteiger partial charge < -0.3 is 10.6 Å². The number of likely N-dealkylation sites (tertiary alicyclic amines) is 1. The normalized spacial score (nSPS) is 19.1. The minimum Gasteiger partial charge on any atom is -0.337 e. The molecule has 0 aliphatic carbocycles. The predicted molar refractivity (Wildman–Crippen MR) is 83.2 cm³/mol. The summed E-state index contributed by atoms with van der Waals surface area (Å²) in [7, 11) is 0. The molecule has 1 aliphatic heterocycles. The van der Waals surface area contributed by atoms with Gasteiger partial charge in [-0.25, -0.2) is 0 Å². The number of carbonyl (C=O) groups is 1. The van der Waals surface area contributed by atoms with Gasteiger partial charge in [0.05, 0.1) is 13.1 Å². The number of carbonyl (C=O) groups excluding carboxylic acids is 1. The molecule has 1 aromatic rings. The maximum atomic E-state index is 12.1. The topological polar surface area (TPSA) is 46.3 Å². The smallest absolute Gasteiger partial charge is 0.223 e. The lowest BCUT2D eigenvalue weighted by Gasteiger charge is -2.26. The highest BCUT2D eigenvalue weighted by atomic mass is 32.1. The second kappa shape index (κ2) is 5.99. The van der Waals surface area contributed by atoms with Gasteiger partial charge >= 0.3 is 0 Å². The van der Waals surface area contributed by atoms with Gasteiger partial charge in [-0.1, -0.05) is 32.6 Å². The van der Waals surface area contributed by atoms with Crippen LogP contribution in [0.5, 0.6) is 0 Å². The number of hydrogen-bond acceptors (Lipinski definition) is 3. The third-order valence-corrected chi connectivity index (χ3v) is 4.70. The van der Waals surface area contributed by atoms with Crippen LogP contribution in [0.25, 0.3) is 0 Å². The van der Waals surface area contributed by atoms with E-state index in [0.29, 0.717) is 25.4 Å². The first kappa shape index (κ1) is 15.1. The molecule has 108 valence electrons. The lowest BCUT2D eigenvalue weighted by atomic mass is 9.80. The average Bonchev–Trinajstić information content (AvgIpc) is 2.95. The van der Waals surface area contributed by atoms with Crippen LogP contribution in [0.15, 0.2) is 11.4 Å². The quantitative estimate of drug-likeness (QED) is 0.850. The van der Waals surface area contributed by atoms with Gasteiger partial charge in [0.2, 0.25) is 5.91 Å². The van der Waals surface area contributed by atoms with E-state index in [2.05, 4.69) is 38.7 Å². The SMILES string of the molecule is CC(C)(C)C1CC(=O)N(Cc2cc(C#CCN)cs2)C1. The summed E-state index contributed by atoms with van der Waals surface area (Å²) in [4.78, 5) is 15.3. The molecule has 0 radical (unpaired) electrons. The highest BCUT2D eigenvalue weighted by molar-refractivity contribution is 7.10. The Balaban J connectivity index is 2.00. The number of nitrogens with two attached hydrogens (primary N) is 1. The third-order valence-electron chi connectivity index (χ3n) is 3.77. The lowest BCUT2D eigenvalue weighted by molar-refractivity contribution is -0.128. The van der Waals surface area contributed by atoms with Crippen LogP contribution in [0, 0.1) is 23.2 Å². The Morgan fingerprint density at radius 3 is 2.85 bits per heavy atom. The first-order valence-corrected chi connectivity index (χ1v) is 7.82. The summed E-state index contributed by atoms with van der Waals surface area (Å²) in [6, 6.07) is 2.06. The van der Waals surface area contributed by atoms with Gasteiger partial charge in [-0.15, -0.1) is 11.3 Å². The summed E-state index contributed by atoms with van der Waals surface area (Å²) in [6.45, 7) is 8.58. The highest BCUT2D eigenvalue weighted by Crippen LogP contribution is 2.35. The van der Waals surface area contributed by atoms with Gasteiger partial charge in [0.15, 0.2) is 0 Å². The Kier molecular flexibility index (Phi) is 4.52. The molecule has 2 N–H and O–H groups in total. The summed E-state index contributed by atoms with van der Waals surface area (Å²) >= 11 is 1.66. The minimum atomic E-state index is 0.192. The fourth-order valence-electron chi connectivity index (χ4n) is 2.38. The van der Waals surface area contributed by atoms with E-state index in [9.17, 15) is 4.79 Å². The largest absolute Gasteiger partial charge is 0.337 e. The molecule has 4 heteroatoms. The van der Waals surface area contributed by atoms with E-state index < -0.39 is 0 Å². The van der Waals surface area contributed by atoms with E-state index in [1.807, 2.05) is 10.3 Å². The highest BCUT2D eigenvalue weighted by Gasteiger charge is 2.36. The van der Waals surface area contributed by atoms with Crippen LogP contribution in [-0.4, -0.2) is 23.9 Å². The molecular formula is C16H22N2OS. The van der Waals surface area contributed by atoms with Gasteiger partial charge in [0.1, 0.15) is 0 Å². The van der Waals surface area contributed by atoms with Gasteiger partial charge in [-0.05, 0) is 17.4 Å². The van der Waals surface area contributed by atoms with Crippen molar-refractivity contribution in [2.75, 3.05) is 13.1 Å². The van der Waals surface area contributed by atoms with Crippen LogP contribution in [0.2, 0.25) is 0 Å². The lowest BCUT2D eigenvalue weighted by Crippen LogP contribution is -2.27. The van der Waals surface area contributed by atoms with Crippen molar-refractivity contribution >= 4 is 17.2 Å². The van der Waals surface area contributed by atoms with Crippen molar-refractivity contribution in [3.05, 3.63) is 21.9 Å². The molecule has 1 aromatic heterocycles. The molecule has 1 fully saturated rings. The van der Waals surface area contributed by atoms with Crippen molar-refractivity contribution in [1.29, 1.82) is 0 Å². The van der Waals surface area contributed by atoms with E-state index >= 15 is 0 Å². The molecule has 0 aromatic carbocycles. The van der Waals surface area contributed by atoms with Crippen LogP contribution in [0.1, 0.15) is 37.6 Å². The molecule has 1 atom stereocenters. The molecule has 1 aliphatic rings. The van der Waals surface area contributed by atoms with Crippen LogP contribution in [-0.2, 0) is 11.3 Å². The van der Waals surface area contributed by atoms with Crippen molar-refractivity contribution in [2.24, 2.45) is 17.1 Å². The van der Waals surface area contributed by atoms with E-state index in [1.54, 1.807) is 11.3 Å². The molecule has 0 saturated carbocycles. The van der Waals surface area contributed by atoms with Gasteiger partial charge in [-0.3, -0.25) is 4.79 Å². The van der Waals surface area contributed by atoms with E-state index in [1.165, 1.54) is 4.88 Å². The molecular weight excluding hydrogens is 268 g/mol.